The molecule has 2 aromatic heterocycles. The highest BCUT2D eigenvalue weighted by molar-refractivity contribution is 7.15. The van der Waals surface area contributed by atoms with Crippen molar-refractivity contribution in [2.24, 2.45) is 0 Å². The predicted molar refractivity (Wildman–Crippen MR) is 90.7 cm³/mol. The molecule has 0 aliphatic heterocycles. The van der Waals surface area contributed by atoms with E-state index in [9.17, 15) is 14.3 Å². The van der Waals surface area contributed by atoms with Gasteiger partial charge in [0, 0.05) is 6.20 Å². The van der Waals surface area contributed by atoms with Crippen LogP contribution in [0, 0.1) is 6.92 Å². The first-order chi connectivity index (χ1) is 11.2. The summed E-state index contributed by atoms with van der Waals surface area (Å²) in [6.45, 7) is 4.13. The summed E-state index contributed by atoms with van der Waals surface area (Å²) in [5.74, 6) is -0.546. The van der Waals surface area contributed by atoms with E-state index in [4.69, 9.17) is 11.6 Å². The van der Waals surface area contributed by atoms with Crippen molar-refractivity contribution in [2.75, 3.05) is 11.9 Å². The number of halogens is 2. The number of anilines is 2. The summed E-state index contributed by atoms with van der Waals surface area (Å²) >= 11 is 7.18. The average Bonchev–Trinajstić information content (AvgIpc) is 2.88. The first-order valence-corrected chi connectivity index (χ1v) is 8.23. The number of hydrogen-bond donors (Lipinski definition) is 3. The number of rotatable bonds is 6. The molecule has 2 aromatic rings. The van der Waals surface area contributed by atoms with Gasteiger partial charge in [-0.15, -0.1) is 10.2 Å². The monoisotopic (exact) mass is 373 g/mol. The highest BCUT2D eigenvalue weighted by Gasteiger charge is 2.27. The lowest BCUT2D eigenvalue weighted by atomic mass is 10.0. The van der Waals surface area contributed by atoms with Crippen LogP contribution in [-0.4, -0.2) is 44.5 Å². The molecule has 0 bridgehead atoms. The SMILES string of the molecule is Cc1nnc(Nc2cc(Cl)ncc2C(=O)NC[C@@H](F)C(C)(C)O)s1. The molecule has 7 nitrogen and oxygen atoms in total. The van der Waals surface area contributed by atoms with Crippen LogP contribution in [0.5, 0.6) is 0 Å². The number of nitrogens with one attached hydrogen (secondary N) is 2. The maximum absolute atomic E-state index is 13.8. The van der Waals surface area contributed by atoms with Gasteiger partial charge in [0.1, 0.15) is 16.3 Å². The average molecular weight is 374 g/mol. The van der Waals surface area contributed by atoms with Gasteiger partial charge >= 0.3 is 0 Å². The molecule has 3 N–H and O–H groups in total. The Labute approximate surface area is 147 Å². The summed E-state index contributed by atoms with van der Waals surface area (Å²) in [6.07, 6.45) is -0.325. The van der Waals surface area contributed by atoms with E-state index in [0.717, 1.165) is 5.01 Å². The molecule has 0 spiro atoms. The Bertz CT molecular complexity index is 734. The third-order valence-corrected chi connectivity index (χ3v) is 4.05. The minimum absolute atomic E-state index is 0.176. The van der Waals surface area contributed by atoms with E-state index in [2.05, 4.69) is 25.8 Å². The van der Waals surface area contributed by atoms with Crippen molar-refractivity contribution in [3.05, 3.63) is 28.0 Å². The summed E-state index contributed by atoms with van der Waals surface area (Å²) < 4.78 is 13.8. The zero-order valence-corrected chi connectivity index (χ0v) is 14.9. The molecule has 0 aliphatic rings. The van der Waals surface area contributed by atoms with Gasteiger partial charge in [0.2, 0.25) is 5.13 Å². The minimum Gasteiger partial charge on any atom is -0.387 e. The maximum atomic E-state index is 13.8. The summed E-state index contributed by atoms with van der Waals surface area (Å²) in [7, 11) is 0. The molecule has 0 aliphatic carbocycles. The van der Waals surface area contributed by atoms with Gasteiger partial charge in [-0.2, -0.15) is 0 Å². The molecule has 1 atom stereocenters. The van der Waals surface area contributed by atoms with E-state index >= 15 is 0 Å². The number of aromatic nitrogens is 3. The Kier molecular flexibility index (Phi) is 5.68. The Morgan fingerprint density at radius 3 is 2.79 bits per heavy atom. The molecule has 1 amide bonds. The molecule has 130 valence electrons. The molecule has 10 heteroatoms. The van der Waals surface area contributed by atoms with Crippen LogP contribution in [0.3, 0.4) is 0 Å². The molecule has 2 heterocycles. The molecule has 0 unspecified atom stereocenters. The van der Waals surface area contributed by atoms with Crippen LogP contribution in [0.4, 0.5) is 15.2 Å². The summed E-state index contributed by atoms with van der Waals surface area (Å²) in [6, 6.07) is 1.47. The molecular formula is C14H17ClFN5O2S. The van der Waals surface area contributed by atoms with E-state index in [1.807, 2.05) is 0 Å². The van der Waals surface area contributed by atoms with Crippen LogP contribution >= 0.6 is 22.9 Å². The number of aryl methyl sites for hydroxylation is 1. The Hall–Kier alpha value is -1.84. The van der Waals surface area contributed by atoms with E-state index in [-0.39, 0.29) is 17.3 Å². The molecule has 0 radical (unpaired) electrons. The number of alkyl halides is 1. The van der Waals surface area contributed by atoms with Crippen molar-refractivity contribution in [1.29, 1.82) is 0 Å². The van der Waals surface area contributed by atoms with Gasteiger partial charge in [-0.05, 0) is 26.8 Å². The second kappa shape index (κ2) is 7.37. The fraction of sp³-hybridized carbons (Fsp3) is 0.429. The molecular weight excluding hydrogens is 357 g/mol. The van der Waals surface area contributed by atoms with Crippen molar-refractivity contribution in [1.82, 2.24) is 20.5 Å². The van der Waals surface area contributed by atoms with Crippen molar-refractivity contribution in [3.8, 4) is 0 Å². The zero-order valence-electron chi connectivity index (χ0n) is 13.3. The van der Waals surface area contributed by atoms with Crippen LogP contribution in [0.1, 0.15) is 29.2 Å². The van der Waals surface area contributed by atoms with Crippen molar-refractivity contribution in [3.63, 3.8) is 0 Å². The first kappa shape index (κ1) is 18.5. The van der Waals surface area contributed by atoms with Crippen molar-refractivity contribution < 1.29 is 14.3 Å². The minimum atomic E-state index is -1.61. The van der Waals surface area contributed by atoms with Crippen LogP contribution in [0.2, 0.25) is 5.15 Å². The number of pyridine rings is 1. The number of carbonyl (C=O) groups excluding carboxylic acids is 1. The van der Waals surface area contributed by atoms with E-state index in [1.165, 1.54) is 37.4 Å². The Morgan fingerprint density at radius 2 is 2.21 bits per heavy atom. The molecule has 2 rings (SSSR count). The lowest BCUT2D eigenvalue weighted by molar-refractivity contribution is -0.00177. The highest BCUT2D eigenvalue weighted by Crippen LogP contribution is 2.25. The van der Waals surface area contributed by atoms with E-state index in [0.29, 0.717) is 10.8 Å². The summed E-state index contributed by atoms with van der Waals surface area (Å²) in [4.78, 5) is 16.2. The van der Waals surface area contributed by atoms with Crippen LogP contribution in [0.25, 0.3) is 0 Å². The molecule has 0 aromatic carbocycles. The second-order valence-electron chi connectivity index (χ2n) is 5.64. The molecule has 0 saturated heterocycles. The van der Waals surface area contributed by atoms with E-state index in [1.54, 1.807) is 6.92 Å². The lowest BCUT2D eigenvalue weighted by Gasteiger charge is -2.22. The van der Waals surface area contributed by atoms with Gasteiger partial charge in [0.25, 0.3) is 5.91 Å². The topological polar surface area (TPSA) is 100 Å². The molecule has 0 fully saturated rings. The maximum Gasteiger partial charge on any atom is 0.255 e. The van der Waals surface area contributed by atoms with Gasteiger partial charge in [-0.3, -0.25) is 4.79 Å². The number of aliphatic hydroxyl groups is 1. The van der Waals surface area contributed by atoms with Gasteiger partial charge < -0.3 is 15.7 Å². The smallest absolute Gasteiger partial charge is 0.255 e. The second-order valence-corrected chi connectivity index (χ2v) is 7.20. The van der Waals surface area contributed by atoms with Crippen LogP contribution in [-0.2, 0) is 0 Å². The number of carbonyl (C=O) groups is 1. The Balaban J connectivity index is 2.15. The number of hydrogen-bond acceptors (Lipinski definition) is 7. The van der Waals surface area contributed by atoms with Crippen molar-refractivity contribution in [2.45, 2.75) is 32.5 Å². The standard InChI is InChI=1S/C14H17ClFN5O2S/c1-7-20-21-13(24-7)19-9-4-11(15)17-5-8(9)12(22)18-6-10(16)14(2,3)23/h4-5,10,23H,6H2,1-3H3,(H,18,22)(H,17,19,21)/t10-/m1/s1. The normalized spacial score (nSPS) is 12.8. The van der Waals surface area contributed by atoms with Crippen LogP contribution in [0.15, 0.2) is 12.3 Å². The summed E-state index contributed by atoms with van der Waals surface area (Å²) in [5, 5.41) is 24.2. The fourth-order valence-corrected chi connectivity index (χ4v) is 2.47. The zero-order chi connectivity index (χ0) is 17.9. The molecule has 24 heavy (non-hydrogen) atoms. The van der Waals surface area contributed by atoms with Gasteiger partial charge in [0.05, 0.1) is 23.4 Å². The largest absolute Gasteiger partial charge is 0.387 e. The highest BCUT2D eigenvalue weighted by atomic mass is 35.5. The number of amides is 1. The number of nitrogens with zero attached hydrogens (tertiary/aromatic N) is 3. The van der Waals surface area contributed by atoms with E-state index < -0.39 is 17.7 Å². The van der Waals surface area contributed by atoms with Gasteiger partial charge in [0.15, 0.2) is 0 Å². The van der Waals surface area contributed by atoms with Gasteiger partial charge in [-0.25, -0.2) is 9.37 Å². The van der Waals surface area contributed by atoms with Gasteiger partial charge in [-0.1, -0.05) is 22.9 Å². The predicted octanol–water partition coefficient (Wildman–Crippen LogP) is 2.48. The quantitative estimate of drug-likeness (QED) is 0.672. The van der Waals surface area contributed by atoms with Crippen molar-refractivity contribution >= 4 is 39.7 Å². The van der Waals surface area contributed by atoms with Crippen LogP contribution < -0.4 is 10.6 Å². The fourth-order valence-electron chi connectivity index (χ4n) is 1.70. The molecule has 0 saturated carbocycles. The third kappa shape index (κ3) is 4.83. The Morgan fingerprint density at radius 1 is 1.50 bits per heavy atom. The lowest BCUT2D eigenvalue weighted by Crippen LogP contribution is -2.42. The first-order valence-electron chi connectivity index (χ1n) is 7.04. The third-order valence-electron chi connectivity index (χ3n) is 3.09. The summed E-state index contributed by atoms with van der Waals surface area (Å²) in [5.41, 5.74) is -0.992.